The van der Waals surface area contributed by atoms with Gasteiger partial charge in [-0.3, -0.25) is 9.59 Å². The smallest absolute Gasteiger partial charge is 0.242 e. The molecule has 2 N–H and O–H groups in total. The number of aliphatic hydroxyl groups is 1. The molecule has 0 atom stereocenters. The third-order valence-corrected chi connectivity index (χ3v) is 4.22. The minimum atomic E-state index is -0.190. The van der Waals surface area contributed by atoms with Gasteiger partial charge in [-0.1, -0.05) is 23.2 Å². The largest absolute Gasteiger partial charge is 0.508 e. The van der Waals surface area contributed by atoms with Crippen molar-refractivity contribution in [3.8, 4) is 5.75 Å². The Bertz CT molecular complexity index is 563. The summed E-state index contributed by atoms with van der Waals surface area (Å²) in [4.78, 5) is 26.1. The number of halogens is 2. The van der Waals surface area contributed by atoms with Crippen molar-refractivity contribution in [1.82, 2.24) is 9.80 Å². The van der Waals surface area contributed by atoms with E-state index in [0.29, 0.717) is 10.0 Å². The average Bonchev–Trinajstić information content (AvgIpc) is 3.06. The lowest BCUT2D eigenvalue weighted by Gasteiger charge is -2.21. The van der Waals surface area contributed by atoms with E-state index < -0.39 is 0 Å². The number of nitrogens with zero attached hydrogens (tertiary/aromatic N) is 2. The zero-order chi connectivity index (χ0) is 18.1. The van der Waals surface area contributed by atoms with Crippen molar-refractivity contribution in [3.05, 3.63) is 28.2 Å². The highest BCUT2D eigenvalue weighted by molar-refractivity contribution is 6.42. The molecule has 1 aliphatic heterocycles. The standard InChI is InChI=1S/C10H18N2O3.C6H4Cl2O/c1-11(9(14)4-7-13)8-10(15)12-5-2-3-6-12;7-5-2-1-4(9)3-6(5)8/h13H,2-8H2,1H3;1-3,9H. The van der Waals surface area contributed by atoms with E-state index in [9.17, 15) is 9.59 Å². The minimum Gasteiger partial charge on any atom is -0.508 e. The molecule has 2 amide bonds. The molecule has 134 valence electrons. The van der Waals surface area contributed by atoms with Gasteiger partial charge in [0.15, 0.2) is 0 Å². The zero-order valence-corrected chi connectivity index (χ0v) is 15.1. The van der Waals surface area contributed by atoms with Crippen LogP contribution in [0.1, 0.15) is 19.3 Å². The predicted molar refractivity (Wildman–Crippen MR) is 93.3 cm³/mol. The van der Waals surface area contributed by atoms with Crippen LogP contribution in [-0.2, 0) is 9.59 Å². The Morgan fingerprint density at radius 2 is 1.83 bits per heavy atom. The van der Waals surface area contributed by atoms with E-state index in [0.717, 1.165) is 25.9 Å². The number of amides is 2. The fourth-order valence-corrected chi connectivity index (χ4v) is 2.42. The van der Waals surface area contributed by atoms with Crippen LogP contribution >= 0.6 is 23.2 Å². The van der Waals surface area contributed by atoms with Crippen LogP contribution in [0.25, 0.3) is 0 Å². The van der Waals surface area contributed by atoms with Crippen molar-refractivity contribution in [1.29, 1.82) is 0 Å². The molecule has 1 aromatic rings. The second-order valence-electron chi connectivity index (χ2n) is 5.41. The summed E-state index contributed by atoms with van der Waals surface area (Å²) in [5, 5.41) is 18.2. The Labute approximate surface area is 151 Å². The number of carbonyl (C=O) groups excluding carboxylic acids is 2. The van der Waals surface area contributed by atoms with Crippen LogP contribution in [0.15, 0.2) is 18.2 Å². The number of benzene rings is 1. The van der Waals surface area contributed by atoms with Gasteiger partial charge in [-0.05, 0) is 31.0 Å². The Hall–Kier alpha value is -1.50. The molecule has 0 saturated carbocycles. The van der Waals surface area contributed by atoms with Gasteiger partial charge < -0.3 is 20.0 Å². The molecule has 0 unspecified atom stereocenters. The van der Waals surface area contributed by atoms with Gasteiger partial charge in [0.25, 0.3) is 0 Å². The number of hydrogen-bond acceptors (Lipinski definition) is 4. The number of aliphatic hydroxyl groups excluding tert-OH is 1. The second kappa shape index (κ2) is 10.4. The number of aromatic hydroxyl groups is 1. The molecule has 1 aliphatic rings. The lowest BCUT2D eigenvalue weighted by molar-refractivity contribution is -0.139. The number of phenolic OH excluding ortho intramolecular Hbond substituents is 1. The van der Waals surface area contributed by atoms with Crippen molar-refractivity contribution < 1.29 is 19.8 Å². The van der Waals surface area contributed by atoms with Gasteiger partial charge >= 0.3 is 0 Å². The summed E-state index contributed by atoms with van der Waals surface area (Å²) in [5.74, 6) is -0.0595. The Morgan fingerprint density at radius 3 is 2.33 bits per heavy atom. The first-order valence-electron chi connectivity index (χ1n) is 7.61. The topological polar surface area (TPSA) is 81.1 Å². The molecule has 2 rings (SSSR count). The highest BCUT2D eigenvalue weighted by Gasteiger charge is 2.20. The summed E-state index contributed by atoms with van der Waals surface area (Å²) < 4.78 is 0. The molecule has 24 heavy (non-hydrogen) atoms. The molecule has 0 bridgehead atoms. The quantitative estimate of drug-likeness (QED) is 0.843. The normalized spacial score (nSPS) is 13.2. The molecular formula is C16H22Cl2N2O4. The van der Waals surface area contributed by atoms with Gasteiger partial charge in [0.05, 0.1) is 23.2 Å². The fraction of sp³-hybridized carbons (Fsp3) is 0.500. The Morgan fingerprint density at radius 1 is 1.21 bits per heavy atom. The van der Waals surface area contributed by atoms with Gasteiger partial charge in [-0.2, -0.15) is 0 Å². The van der Waals surface area contributed by atoms with Crippen molar-refractivity contribution >= 4 is 35.0 Å². The maximum absolute atomic E-state index is 11.6. The lowest BCUT2D eigenvalue weighted by Crippen LogP contribution is -2.40. The predicted octanol–water partition coefficient (Wildman–Crippen LogP) is 2.15. The first-order chi connectivity index (χ1) is 11.3. The highest BCUT2D eigenvalue weighted by Crippen LogP contribution is 2.25. The first kappa shape index (κ1) is 20.5. The monoisotopic (exact) mass is 376 g/mol. The molecule has 1 aromatic carbocycles. The Balaban J connectivity index is 0.000000272. The molecule has 8 heteroatoms. The minimum absolute atomic E-state index is 0.00119. The first-order valence-corrected chi connectivity index (χ1v) is 8.37. The molecular weight excluding hydrogens is 355 g/mol. The van der Waals surface area contributed by atoms with Crippen LogP contribution in [-0.4, -0.2) is 65.1 Å². The van der Waals surface area contributed by atoms with Gasteiger partial charge in [-0.25, -0.2) is 0 Å². The number of phenols is 1. The molecule has 0 aliphatic carbocycles. The van der Waals surface area contributed by atoms with E-state index in [4.69, 9.17) is 33.4 Å². The van der Waals surface area contributed by atoms with E-state index in [1.807, 2.05) is 0 Å². The van der Waals surface area contributed by atoms with E-state index in [1.165, 1.54) is 17.0 Å². The van der Waals surface area contributed by atoms with Gasteiger partial charge in [0.1, 0.15) is 5.75 Å². The Kier molecular flexibility index (Phi) is 8.89. The third kappa shape index (κ3) is 6.95. The number of hydrogen-bond donors (Lipinski definition) is 2. The van der Waals surface area contributed by atoms with E-state index >= 15 is 0 Å². The molecule has 1 saturated heterocycles. The SMILES string of the molecule is CN(CC(=O)N1CCCC1)C(=O)CCO.Oc1ccc(Cl)c(Cl)c1. The molecule has 1 fully saturated rings. The van der Waals surface area contributed by atoms with E-state index in [2.05, 4.69) is 0 Å². The van der Waals surface area contributed by atoms with Crippen molar-refractivity contribution in [2.75, 3.05) is 33.3 Å². The summed E-state index contributed by atoms with van der Waals surface area (Å²) in [6.45, 7) is 1.57. The van der Waals surface area contributed by atoms with Crippen LogP contribution < -0.4 is 0 Å². The average molecular weight is 377 g/mol. The van der Waals surface area contributed by atoms with Gasteiger partial charge in [-0.15, -0.1) is 0 Å². The van der Waals surface area contributed by atoms with Crippen LogP contribution in [0.3, 0.4) is 0 Å². The van der Waals surface area contributed by atoms with E-state index in [1.54, 1.807) is 18.0 Å². The zero-order valence-electron chi connectivity index (χ0n) is 13.5. The van der Waals surface area contributed by atoms with E-state index in [-0.39, 0.29) is 37.1 Å². The van der Waals surface area contributed by atoms with Crippen LogP contribution in [0.5, 0.6) is 5.75 Å². The van der Waals surface area contributed by atoms with Crippen molar-refractivity contribution in [2.45, 2.75) is 19.3 Å². The summed E-state index contributed by atoms with van der Waals surface area (Å²) in [7, 11) is 1.59. The van der Waals surface area contributed by atoms with Crippen molar-refractivity contribution in [3.63, 3.8) is 0 Å². The molecule has 1 heterocycles. The maximum atomic E-state index is 11.6. The summed E-state index contributed by atoms with van der Waals surface area (Å²) >= 11 is 11.1. The highest BCUT2D eigenvalue weighted by atomic mass is 35.5. The summed E-state index contributed by atoms with van der Waals surface area (Å²) in [6.07, 6.45) is 2.20. The number of carbonyl (C=O) groups is 2. The van der Waals surface area contributed by atoms with Crippen LogP contribution in [0.4, 0.5) is 0 Å². The molecule has 0 radical (unpaired) electrons. The second-order valence-corrected chi connectivity index (χ2v) is 6.22. The number of likely N-dealkylation sites (N-methyl/N-ethyl adjacent to an activating group) is 1. The summed E-state index contributed by atoms with van der Waals surface area (Å²) in [6, 6.07) is 4.41. The van der Waals surface area contributed by atoms with Crippen LogP contribution in [0.2, 0.25) is 10.0 Å². The summed E-state index contributed by atoms with van der Waals surface area (Å²) in [5.41, 5.74) is 0. The number of rotatable bonds is 4. The maximum Gasteiger partial charge on any atom is 0.242 e. The fourth-order valence-electron chi connectivity index (χ4n) is 2.13. The molecule has 6 nitrogen and oxygen atoms in total. The lowest BCUT2D eigenvalue weighted by atomic mass is 10.3. The van der Waals surface area contributed by atoms with Crippen molar-refractivity contribution in [2.24, 2.45) is 0 Å². The van der Waals surface area contributed by atoms with Gasteiger partial charge in [0.2, 0.25) is 11.8 Å². The van der Waals surface area contributed by atoms with Crippen LogP contribution in [0, 0.1) is 0 Å². The van der Waals surface area contributed by atoms with Gasteiger partial charge in [0, 0.05) is 26.6 Å². The third-order valence-electron chi connectivity index (χ3n) is 3.49. The molecule has 0 aromatic heterocycles. The molecule has 0 spiro atoms. The number of likely N-dealkylation sites (tertiary alicyclic amines) is 1.